The topological polar surface area (TPSA) is 78.4 Å². The van der Waals surface area contributed by atoms with Gasteiger partial charge in [-0.1, -0.05) is 0 Å². The number of amides is 2. The van der Waals surface area contributed by atoms with E-state index in [0.717, 1.165) is 18.5 Å². The Morgan fingerprint density at radius 2 is 1.81 bits per heavy atom. The minimum Gasteiger partial charge on any atom is -0.378 e. The van der Waals surface area contributed by atoms with E-state index in [1.807, 2.05) is 48.2 Å². The van der Waals surface area contributed by atoms with Gasteiger partial charge in [-0.2, -0.15) is 0 Å². The van der Waals surface area contributed by atoms with Gasteiger partial charge in [0.15, 0.2) is 0 Å². The summed E-state index contributed by atoms with van der Waals surface area (Å²) in [6.07, 6.45) is 5.94. The molecular weight excluding hydrogens is 330 g/mol. The predicted octanol–water partition coefficient (Wildman–Crippen LogP) is 1.58. The van der Waals surface area contributed by atoms with Crippen molar-refractivity contribution in [2.24, 2.45) is 0 Å². The van der Waals surface area contributed by atoms with Gasteiger partial charge in [0.2, 0.25) is 0 Å². The smallest absolute Gasteiger partial charge is 0.271 e. The second kappa shape index (κ2) is 7.95. The van der Waals surface area contributed by atoms with Crippen molar-refractivity contribution in [3.8, 4) is 0 Å². The molecule has 136 valence electrons. The Balaban J connectivity index is 1.53. The Kier molecular flexibility index (Phi) is 5.46. The fourth-order valence-corrected chi connectivity index (χ4v) is 2.99. The van der Waals surface area contributed by atoms with Crippen molar-refractivity contribution in [2.75, 3.05) is 32.1 Å². The van der Waals surface area contributed by atoms with Crippen LogP contribution in [-0.4, -0.2) is 59.9 Å². The zero-order valence-corrected chi connectivity index (χ0v) is 15.1. The molecule has 0 unspecified atom stereocenters. The van der Waals surface area contributed by atoms with Crippen molar-refractivity contribution in [3.05, 3.63) is 54.1 Å². The maximum atomic E-state index is 12.6. The normalized spacial score (nSPS) is 14.8. The maximum Gasteiger partial charge on any atom is 0.271 e. The van der Waals surface area contributed by atoms with Crippen LogP contribution in [0.15, 0.2) is 42.9 Å². The second-order valence-electron chi connectivity index (χ2n) is 6.57. The molecule has 1 aliphatic rings. The third-order valence-corrected chi connectivity index (χ3v) is 4.54. The van der Waals surface area contributed by atoms with Gasteiger partial charge in [-0.3, -0.25) is 14.6 Å². The summed E-state index contributed by atoms with van der Waals surface area (Å²) in [6, 6.07) is 7.66. The van der Waals surface area contributed by atoms with Gasteiger partial charge in [0.25, 0.3) is 11.8 Å². The van der Waals surface area contributed by atoms with Gasteiger partial charge in [-0.25, -0.2) is 4.98 Å². The molecule has 2 amide bonds. The third-order valence-electron chi connectivity index (χ3n) is 4.54. The number of aromatic nitrogens is 2. The van der Waals surface area contributed by atoms with Crippen molar-refractivity contribution in [1.82, 2.24) is 20.2 Å². The Labute approximate surface area is 153 Å². The Morgan fingerprint density at radius 3 is 2.38 bits per heavy atom. The van der Waals surface area contributed by atoms with Crippen molar-refractivity contribution >= 4 is 17.5 Å². The molecule has 3 rings (SSSR count). The molecule has 0 aliphatic carbocycles. The van der Waals surface area contributed by atoms with Gasteiger partial charge in [0, 0.05) is 56.9 Å². The number of anilines is 1. The van der Waals surface area contributed by atoms with Crippen LogP contribution >= 0.6 is 0 Å². The molecule has 0 bridgehead atoms. The summed E-state index contributed by atoms with van der Waals surface area (Å²) < 4.78 is 0. The first kappa shape index (κ1) is 17.8. The maximum absolute atomic E-state index is 12.6. The van der Waals surface area contributed by atoms with Crippen LogP contribution in [0.1, 0.15) is 33.7 Å². The second-order valence-corrected chi connectivity index (χ2v) is 6.57. The molecule has 2 aromatic rings. The van der Waals surface area contributed by atoms with Gasteiger partial charge in [-0.15, -0.1) is 0 Å². The fourth-order valence-electron chi connectivity index (χ4n) is 2.99. The first-order valence-electron chi connectivity index (χ1n) is 8.68. The van der Waals surface area contributed by atoms with Crippen LogP contribution in [0.4, 0.5) is 5.69 Å². The van der Waals surface area contributed by atoms with Gasteiger partial charge in [-0.05, 0) is 37.1 Å². The van der Waals surface area contributed by atoms with Crippen LogP contribution in [0.2, 0.25) is 0 Å². The molecule has 1 aliphatic heterocycles. The summed E-state index contributed by atoms with van der Waals surface area (Å²) in [4.78, 5) is 36.5. The molecule has 26 heavy (non-hydrogen) atoms. The monoisotopic (exact) mass is 353 g/mol. The lowest BCUT2D eigenvalue weighted by Crippen LogP contribution is -2.46. The SMILES string of the molecule is CN(C)c1ccc(C(=O)N2CCC(NC(=O)c3cnccn3)CC2)cc1. The summed E-state index contributed by atoms with van der Waals surface area (Å²) in [5.74, 6) is -0.184. The average molecular weight is 353 g/mol. The Bertz CT molecular complexity index is 753. The molecule has 0 spiro atoms. The largest absolute Gasteiger partial charge is 0.378 e. The van der Waals surface area contributed by atoms with E-state index in [2.05, 4.69) is 15.3 Å². The zero-order valence-electron chi connectivity index (χ0n) is 15.1. The number of rotatable bonds is 4. The summed E-state index contributed by atoms with van der Waals surface area (Å²) >= 11 is 0. The lowest BCUT2D eigenvalue weighted by molar-refractivity contribution is 0.0697. The standard InChI is InChI=1S/C19H23N5O2/c1-23(2)16-5-3-14(4-6-16)19(26)24-11-7-15(8-12-24)22-18(25)17-13-20-9-10-21-17/h3-6,9-10,13,15H,7-8,11-12H2,1-2H3,(H,22,25). The highest BCUT2D eigenvalue weighted by atomic mass is 16.2. The first-order chi connectivity index (χ1) is 12.5. The van der Waals surface area contributed by atoms with Gasteiger partial charge >= 0.3 is 0 Å². The van der Waals surface area contributed by atoms with E-state index in [-0.39, 0.29) is 17.9 Å². The number of carbonyl (C=O) groups is 2. The van der Waals surface area contributed by atoms with E-state index < -0.39 is 0 Å². The van der Waals surface area contributed by atoms with Crippen molar-refractivity contribution in [3.63, 3.8) is 0 Å². The molecular formula is C19H23N5O2. The quantitative estimate of drug-likeness (QED) is 0.903. The summed E-state index contributed by atoms with van der Waals surface area (Å²) in [5, 5.41) is 2.97. The minimum absolute atomic E-state index is 0.0361. The first-order valence-corrected chi connectivity index (χ1v) is 8.68. The molecule has 1 aromatic carbocycles. The highest BCUT2D eigenvalue weighted by Gasteiger charge is 2.25. The molecule has 0 saturated carbocycles. The molecule has 1 saturated heterocycles. The number of benzene rings is 1. The number of hydrogen-bond donors (Lipinski definition) is 1. The van der Waals surface area contributed by atoms with Gasteiger partial charge < -0.3 is 15.1 Å². The number of likely N-dealkylation sites (tertiary alicyclic amines) is 1. The highest BCUT2D eigenvalue weighted by molar-refractivity contribution is 5.95. The number of piperidine rings is 1. The molecule has 1 N–H and O–H groups in total. The molecule has 7 heteroatoms. The van der Waals surface area contributed by atoms with Crippen LogP contribution in [0.25, 0.3) is 0 Å². The number of nitrogens with one attached hydrogen (secondary N) is 1. The molecule has 1 fully saturated rings. The van der Waals surface area contributed by atoms with E-state index >= 15 is 0 Å². The zero-order chi connectivity index (χ0) is 18.5. The number of nitrogens with zero attached hydrogens (tertiary/aromatic N) is 4. The van der Waals surface area contributed by atoms with Gasteiger partial charge in [0.1, 0.15) is 5.69 Å². The van der Waals surface area contributed by atoms with E-state index in [4.69, 9.17) is 0 Å². The van der Waals surface area contributed by atoms with E-state index in [9.17, 15) is 9.59 Å². The van der Waals surface area contributed by atoms with E-state index in [1.165, 1.54) is 18.6 Å². The Hall–Kier alpha value is -2.96. The molecule has 0 radical (unpaired) electrons. The number of hydrogen-bond acceptors (Lipinski definition) is 5. The van der Waals surface area contributed by atoms with Crippen LogP contribution < -0.4 is 10.2 Å². The highest BCUT2D eigenvalue weighted by Crippen LogP contribution is 2.17. The molecule has 7 nitrogen and oxygen atoms in total. The lowest BCUT2D eigenvalue weighted by Gasteiger charge is -2.32. The number of carbonyl (C=O) groups excluding carboxylic acids is 2. The molecule has 2 heterocycles. The Morgan fingerprint density at radius 1 is 1.12 bits per heavy atom. The van der Waals surface area contributed by atoms with Crippen LogP contribution in [0.3, 0.4) is 0 Å². The fraction of sp³-hybridized carbons (Fsp3) is 0.368. The lowest BCUT2D eigenvalue weighted by atomic mass is 10.0. The molecule has 1 aromatic heterocycles. The minimum atomic E-state index is -0.220. The molecule has 0 atom stereocenters. The summed E-state index contributed by atoms with van der Waals surface area (Å²) in [6.45, 7) is 1.25. The van der Waals surface area contributed by atoms with Gasteiger partial charge in [0.05, 0.1) is 6.20 Å². The van der Waals surface area contributed by atoms with Crippen molar-refractivity contribution in [2.45, 2.75) is 18.9 Å². The van der Waals surface area contributed by atoms with Crippen LogP contribution in [0, 0.1) is 0 Å². The average Bonchev–Trinajstić information content (AvgIpc) is 2.69. The summed E-state index contributed by atoms with van der Waals surface area (Å²) in [7, 11) is 3.94. The van der Waals surface area contributed by atoms with E-state index in [0.29, 0.717) is 24.3 Å². The van der Waals surface area contributed by atoms with Crippen LogP contribution in [-0.2, 0) is 0 Å². The van der Waals surface area contributed by atoms with Crippen LogP contribution in [0.5, 0.6) is 0 Å². The van der Waals surface area contributed by atoms with E-state index in [1.54, 1.807) is 0 Å². The predicted molar refractivity (Wildman–Crippen MR) is 99.2 cm³/mol. The van der Waals surface area contributed by atoms with Crippen molar-refractivity contribution < 1.29 is 9.59 Å². The summed E-state index contributed by atoms with van der Waals surface area (Å²) in [5.41, 5.74) is 2.07. The third kappa shape index (κ3) is 4.17. The van der Waals surface area contributed by atoms with Crippen molar-refractivity contribution in [1.29, 1.82) is 0 Å².